The zero-order valence-corrected chi connectivity index (χ0v) is 18.7. The minimum absolute atomic E-state index is 0.141. The molecule has 5 rings (SSSR count). The number of anilines is 1. The minimum atomic E-state index is -4.05. The molecule has 0 aliphatic carbocycles. The normalized spacial score (nSPS) is 11.8. The van der Waals surface area contributed by atoms with Crippen LogP contribution in [0.25, 0.3) is 32.6 Å². The summed E-state index contributed by atoms with van der Waals surface area (Å²) in [7, 11) is 1.43. The van der Waals surface area contributed by atoms with Gasteiger partial charge in [-0.2, -0.15) is 8.42 Å². The van der Waals surface area contributed by atoms with E-state index in [9.17, 15) is 8.42 Å². The molecule has 0 spiro atoms. The maximum atomic E-state index is 13.3. The van der Waals surface area contributed by atoms with Gasteiger partial charge in [-0.25, -0.2) is 0 Å². The first kappa shape index (κ1) is 20.2. The van der Waals surface area contributed by atoms with E-state index in [1.54, 1.807) is 37.4 Å². The van der Waals surface area contributed by atoms with Gasteiger partial charge in [-0.3, -0.25) is 0 Å². The van der Waals surface area contributed by atoms with Crippen LogP contribution in [0, 0.1) is 0 Å². The van der Waals surface area contributed by atoms with Crippen molar-refractivity contribution in [1.29, 1.82) is 0 Å². The first-order valence-electron chi connectivity index (χ1n) is 10.1. The van der Waals surface area contributed by atoms with Crippen molar-refractivity contribution in [3.05, 3.63) is 72.8 Å². The highest BCUT2D eigenvalue weighted by molar-refractivity contribution is 7.87. The third-order valence-electron chi connectivity index (χ3n) is 5.59. The number of hydrogen-bond acceptors (Lipinski definition) is 5. The Morgan fingerprint density at radius 3 is 2.28 bits per heavy atom. The number of methoxy groups -OCH3 is 1. The second kappa shape index (κ2) is 7.46. The molecule has 1 heterocycles. The van der Waals surface area contributed by atoms with Gasteiger partial charge in [-0.15, -0.1) is 0 Å². The smallest absolute Gasteiger partial charge is 0.339 e. The third-order valence-corrected chi connectivity index (χ3v) is 6.90. The van der Waals surface area contributed by atoms with Crippen molar-refractivity contribution in [2.75, 3.05) is 26.1 Å². The molecule has 0 fully saturated rings. The first-order valence-corrected chi connectivity index (χ1v) is 11.5. The van der Waals surface area contributed by atoms with Crippen molar-refractivity contribution < 1.29 is 17.3 Å². The summed E-state index contributed by atoms with van der Waals surface area (Å²) in [4.78, 5) is 5.42. The molecule has 4 aromatic carbocycles. The summed E-state index contributed by atoms with van der Waals surface area (Å²) in [5.74, 6) is 1.01. The molecule has 0 saturated carbocycles. The van der Waals surface area contributed by atoms with Crippen LogP contribution in [-0.4, -0.2) is 34.6 Å². The van der Waals surface area contributed by atoms with Gasteiger partial charge in [-0.1, -0.05) is 24.3 Å². The summed E-state index contributed by atoms with van der Waals surface area (Å²) in [6.45, 7) is 0. The molecule has 0 aliphatic heterocycles. The van der Waals surface area contributed by atoms with E-state index in [1.807, 2.05) is 61.5 Å². The molecule has 1 aromatic heterocycles. The maximum absolute atomic E-state index is 13.3. The predicted molar refractivity (Wildman–Crippen MR) is 128 cm³/mol. The standard InChI is InChI=1S/C25H22N2O4S/c1-27(2)24-8-4-7-20-19(24)6-5-9-25(20)32(28,29)31-17-11-13-22-21(14-17)18-12-10-16(30-3)15-23(18)26-22/h4-15,26H,1-3H3. The molecule has 32 heavy (non-hydrogen) atoms. The molecule has 0 saturated heterocycles. The Bertz CT molecular complexity index is 1590. The lowest BCUT2D eigenvalue weighted by atomic mass is 10.1. The molecule has 0 unspecified atom stereocenters. The number of aromatic nitrogens is 1. The Labute approximate surface area is 186 Å². The largest absolute Gasteiger partial charge is 0.497 e. The van der Waals surface area contributed by atoms with Crippen LogP contribution >= 0.6 is 0 Å². The molecule has 162 valence electrons. The van der Waals surface area contributed by atoms with Crippen LogP contribution in [0.3, 0.4) is 0 Å². The molecule has 7 heteroatoms. The lowest BCUT2D eigenvalue weighted by molar-refractivity contribution is 0.415. The monoisotopic (exact) mass is 446 g/mol. The van der Waals surface area contributed by atoms with Gasteiger partial charge >= 0.3 is 10.1 Å². The summed E-state index contributed by atoms with van der Waals surface area (Å²) in [5.41, 5.74) is 2.73. The van der Waals surface area contributed by atoms with Gasteiger partial charge in [0.2, 0.25) is 0 Å². The van der Waals surface area contributed by atoms with Gasteiger partial charge in [0.05, 0.1) is 12.6 Å². The molecule has 0 bridgehead atoms. The van der Waals surface area contributed by atoms with E-state index in [0.29, 0.717) is 5.39 Å². The van der Waals surface area contributed by atoms with E-state index in [0.717, 1.165) is 38.6 Å². The number of benzene rings is 4. The highest BCUT2D eigenvalue weighted by Crippen LogP contribution is 2.34. The lowest BCUT2D eigenvalue weighted by Gasteiger charge is -2.17. The number of H-pyrrole nitrogens is 1. The molecule has 0 aliphatic rings. The minimum Gasteiger partial charge on any atom is -0.497 e. The maximum Gasteiger partial charge on any atom is 0.339 e. The number of ether oxygens (including phenoxy) is 1. The van der Waals surface area contributed by atoms with Crippen molar-refractivity contribution in [3.8, 4) is 11.5 Å². The van der Waals surface area contributed by atoms with E-state index < -0.39 is 10.1 Å². The van der Waals surface area contributed by atoms with Crippen molar-refractivity contribution in [2.24, 2.45) is 0 Å². The molecule has 1 N–H and O–H groups in total. The molecular formula is C25H22N2O4S. The number of nitrogens with one attached hydrogen (secondary N) is 1. The van der Waals surface area contributed by atoms with E-state index in [-0.39, 0.29) is 10.6 Å². The average Bonchev–Trinajstić information content (AvgIpc) is 3.14. The van der Waals surface area contributed by atoms with Crippen LogP contribution in [0.5, 0.6) is 11.5 Å². The molecule has 0 atom stereocenters. The van der Waals surface area contributed by atoms with E-state index in [1.165, 1.54) is 0 Å². The van der Waals surface area contributed by atoms with Gasteiger partial charge in [0.25, 0.3) is 0 Å². The van der Waals surface area contributed by atoms with E-state index >= 15 is 0 Å². The number of rotatable bonds is 5. The van der Waals surface area contributed by atoms with Gasteiger partial charge in [-0.05, 0) is 42.5 Å². The summed E-state index contributed by atoms with van der Waals surface area (Å²) in [5, 5.41) is 3.31. The zero-order valence-electron chi connectivity index (χ0n) is 17.9. The Kier molecular flexibility index (Phi) is 4.71. The van der Waals surface area contributed by atoms with E-state index in [4.69, 9.17) is 8.92 Å². The Balaban J connectivity index is 1.59. The Morgan fingerprint density at radius 2 is 1.50 bits per heavy atom. The fourth-order valence-electron chi connectivity index (χ4n) is 4.08. The molecule has 0 amide bonds. The summed E-state index contributed by atoms with van der Waals surface area (Å²) in [6, 6.07) is 21.8. The van der Waals surface area contributed by atoms with Crippen molar-refractivity contribution in [1.82, 2.24) is 4.98 Å². The van der Waals surface area contributed by atoms with Crippen LogP contribution in [-0.2, 0) is 10.1 Å². The summed E-state index contributed by atoms with van der Waals surface area (Å²) >= 11 is 0. The summed E-state index contributed by atoms with van der Waals surface area (Å²) in [6.07, 6.45) is 0. The highest BCUT2D eigenvalue weighted by atomic mass is 32.2. The Hall–Kier alpha value is -3.71. The topological polar surface area (TPSA) is 71.6 Å². The number of hydrogen-bond donors (Lipinski definition) is 1. The summed E-state index contributed by atoms with van der Waals surface area (Å²) < 4.78 is 37.4. The molecule has 6 nitrogen and oxygen atoms in total. The van der Waals surface area contributed by atoms with Crippen molar-refractivity contribution >= 4 is 48.4 Å². The zero-order chi connectivity index (χ0) is 22.5. The average molecular weight is 447 g/mol. The van der Waals surface area contributed by atoms with Crippen molar-refractivity contribution in [2.45, 2.75) is 4.90 Å². The van der Waals surface area contributed by atoms with Gasteiger partial charge in [0.15, 0.2) is 0 Å². The van der Waals surface area contributed by atoms with E-state index in [2.05, 4.69) is 4.98 Å². The van der Waals surface area contributed by atoms with Gasteiger partial charge in [0.1, 0.15) is 16.4 Å². The number of fused-ring (bicyclic) bond motifs is 4. The predicted octanol–water partition coefficient (Wildman–Crippen LogP) is 5.32. The quantitative estimate of drug-likeness (QED) is 0.370. The first-order chi connectivity index (χ1) is 15.4. The second-order valence-corrected chi connectivity index (χ2v) is 9.32. The van der Waals surface area contributed by atoms with Crippen LogP contribution in [0.2, 0.25) is 0 Å². The molecular weight excluding hydrogens is 424 g/mol. The van der Waals surface area contributed by atoms with Gasteiger partial charge < -0.3 is 18.8 Å². The fourth-order valence-corrected chi connectivity index (χ4v) is 5.22. The van der Waals surface area contributed by atoms with Crippen LogP contribution < -0.4 is 13.8 Å². The third kappa shape index (κ3) is 3.31. The molecule has 0 radical (unpaired) electrons. The second-order valence-electron chi connectivity index (χ2n) is 7.80. The lowest BCUT2D eigenvalue weighted by Crippen LogP contribution is -2.12. The highest BCUT2D eigenvalue weighted by Gasteiger charge is 2.21. The fraction of sp³-hybridized carbons (Fsp3) is 0.120. The number of nitrogens with zero attached hydrogens (tertiary/aromatic N) is 1. The van der Waals surface area contributed by atoms with Gasteiger partial charge in [0, 0.05) is 52.9 Å². The Morgan fingerprint density at radius 1 is 0.750 bits per heavy atom. The van der Waals surface area contributed by atoms with Crippen LogP contribution in [0.4, 0.5) is 5.69 Å². The van der Waals surface area contributed by atoms with Crippen LogP contribution in [0.15, 0.2) is 77.7 Å². The number of aromatic amines is 1. The van der Waals surface area contributed by atoms with Crippen molar-refractivity contribution in [3.63, 3.8) is 0 Å². The SMILES string of the molecule is COc1ccc2c(c1)[nH]c1ccc(OS(=O)(=O)c3cccc4c(N(C)C)cccc34)cc12. The van der Waals surface area contributed by atoms with Crippen LogP contribution in [0.1, 0.15) is 0 Å². The molecule has 5 aromatic rings.